The minimum Gasteiger partial charge on any atom is -0.466 e. The van der Waals surface area contributed by atoms with Gasteiger partial charge in [0, 0.05) is 0 Å². The summed E-state index contributed by atoms with van der Waals surface area (Å²) in [7, 11) is 2.62. The Morgan fingerprint density at radius 3 is 1.33 bits per heavy atom. The van der Waals surface area contributed by atoms with Gasteiger partial charge in [-0.25, -0.2) is 9.59 Å². The number of rotatable bonds is 4. The van der Waals surface area contributed by atoms with Crippen LogP contribution in [0.3, 0.4) is 0 Å². The van der Waals surface area contributed by atoms with Gasteiger partial charge in [0.2, 0.25) is 0 Å². The lowest BCUT2D eigenvalue weighted by Crippen LogP contribution is -2.35. The van der Waals surface area contributed by atoms with Crippen molar-refractivity contribution in [1.82, 2.24) is 0 Å². The molecule has 5 heteroatoms. The smallest absolute Gasteiger partial charge is 0.338 e. The molecule has 0 amide bonds. The summed E-state index contributed by atoms with van der Waals surface area (Å²) in [4.78, 5) is 26.7. The molecule has 3 aromatic rings. The van der Waals surface area contributed by atoms with Crippen LogP contribution in [0.15, 0.2) is 83.9 Å². The minimum atomic E-state index is -1.31. The molecule has 2 aliphatic rings. The van der Waals surface area contributed by atoms with Gasteiger partial charge in [-0.2, -0.15) is 0 Å². The maximum Gasteiger partial charge on any atom is 0.338 e. The highest BCUT2D eigenvalue weighted by atomic mass is 16.6. The predicted octanol–water partition coefficient (Wildman–Crippen LogP) is 4.48. The fraction of sp³-hybridized carbons (Fsp3) is 0.214. The van der Waals surface area contributed by atoms with Crippen LogP contribution < -0.4 is 0 Å². The van der Waals surface area contributed by atoms with E-state index in [1.807, 2.05) is 86.6 Å². The van der Waals surface area contributed by atoms with E-state index in [9.17, 15) is 9.59 Å². The molecule has 0 saturated heterocycles. The van der Waals surface area contributed by atoms with Crippen LogP contribution in [-0.2, 0) is 35.0 Å². The number of ether oxygens (including phenoxy) is 3. The monoisotopic (exact) mass is 440 g/mol. The molecule has 0 radical (unpaired) electrons. The number of benzene rings is 3. The highest BCUT2D eigenvalue weighted by Gasteiger charge is 2.69. The Kier molecular flexibility index (Phi) is 4.76. The largest absolute Gasteiger partial charge is 0.466 e. The lowest BCUT2D eigenvalue weighted by molar-refractivity contribution is -0.139. The molecule has 0 aromatic heterocycles. The second-order valence-corrected chi connectivity index (χ2v) is 8.48. The molecule has 166 valence electrons. The molecule has 2 heterocycles. The molecule has 0 saturated carbocycles. The standard InChI is InChI=1S/C28H24O5/c1-17-9-13-19(14-10-17)27-21-7-5-6-8-22(21)28(33-27,20-15-11-18(2)12-16-20)24(26(30)32-4)23(27)25(29)31-3/h5-16H,1-4H3/t27-,28+. The van der Waals surface area contributed by atoms with E-state index in [2.05, 4.69) is 0 Å². The van der Waals surface area contributed by atoms with Gasteiger partial charge in [0.1, 0.15) is 0 Å². The summed E-state index contributed by atoms with van der Waals surface area (Å²) < 4.78 is 17.4. The lowest BCUT2D eigenvalue weighted by atomic mass is 9.68. The van der Waals surface area contributed by atoms with Crippen molar-refractivity contribution in [2.75, 3.05) is 14.2 Å². The first-order chi connectivity index (χ1) is 15.9. The third kappa shape index (κ3) is 2.69. The summed E-state index contributed by atoms with van der Waals surface area (Å²) in [5.41, 5.74) is 2.92. The van der Waals surface area contributed by atoms with Gasteiger partial charge < -0.3 is 14.2 Å². The van der Waals surface area contributed by atoms with E-state index in [0.717, 1.165) is 33.4 Å². The number of aryl methyl sites for hydroxylation is 2. The zero-order valence-electron chi connectivity index (χ0n) is 19.0. The first-order valence-corrected chi connectivity index (χ1v) is 10.8. The summed E-state index contributed by atoms with van der Waals surface area (Å²) in [5, 5.41) is 0. The number of esters is 2. The molecular weight excluding hydrogens is 416 g/mol. The first-order valence-electron chi connectivity index (χ1n) is 10.8. The highest BCUT2D eigenvalue weighted by Crippen LogP contribution is 2.66. The fourth-order valence-corrected chi connectivity index (χ4v) is 5.15. The molecule has 2 aliphatic heterocycles. The van der Waals surface area contributed by atoms with E-state index in [0.29, 0.717) is 0 Å². The van der Waals surface area contributed by atoms with Crippen molar-refractivity contribution in [2.24, 2.45) is 0 Å². The second kappa shape index (κ2) is 7.42. The first kappa shape index (κ1) is 21.2. The number of fused-ring (bicyclic) bond motifs is 5. The van der Waals surface area contributed by atoms with Crippen molar-refractivity contribution in [2.45, 2.75) is 25.0 Å². The van der Waals surface area contributed by atoms with Crippen LogP contribution in [0.2, 0.25) is 0 Å². The molecule has 0 aliphatic carbocycles. The molecule has 0 fully saturated rings. The molecule has 0 N–H and O–H groups in total. The average molecular weight is 440 g/mol. The highest BCUT2D eigenvalue weighted by molar-refractivity contribution is 6.07. The Hall–Kier alpha value is -3.70. The van der Waals surface area contributed by atoms with Crippen LogP contribution in [0, 0.1) is 13.8 Å². The molecule has 33 heavy (non-hydrogen) atoms. The second-order valence-electron chi connectivity index (χ2n) is 8.48. The minimum absolute atomic E-state index is 0.153. The van der Waals surface area contributed by atoms with Crippen LogP contribution >= 0.6 is 0 Å². The van der Waals surface area contributed by atoms with Crippen LogP contribution in [0.4, 0.5) is 0 Å². The summed E-state index contributed by atoms with van der Waals surface area (Å²) in [6.45, 7) is 3.99. The van der Waals surface area contributed by atoms with Gasteiger partial charge in [-0.1, -0.05) is 83.9 Å². The number of methoxy groups -OCH3 is 2. The Labute approximate surface area is 192 Å². The van der Waals surface area contributed by atoms with E-state index in [1.54, 1.807) is 0 Å². The Morgan fingerprint density at radius 1 is 0.636 bits per heavy atom. The number of carbonyl (C=O) groups is 2. The van der Waals surface area contributed by atoms with Gasteiger partial charge in [0.05, 0.1) is 25.4 Å². The molecule has 3 aromatic carbocycles. The van der Waals surface area contributed by atoms with Gasteiger partial charge in [0.25, 0.3) is 0 Å². The van der Waals surface area contributed by atoms with E-state index < -0.39 is 23.1 Å². The van der Waals surface area contributed by atoms with Crippen LogP contribution in [0.5, 0.6) is 0 Å². The van der Waals surface area contributed by atoms with Crippen molar-refractivity contribution in [3.8, 4) is 0 Å². The normalized spacial score (nSPS) is 22.8. The third-order valence-electron chi connectivity index (χ3n) is 6.64. The zero-order chi connectivity index (χ0) is 23.4. The van der Waals surface area contributed by atoms with Crippen molar-refractivity contribution < 1.29 is 23.8 Å². The maximum atomic E-state index is 13.3. The molecule has 2 atom stereocenters. The van der Waals surface area contributed by atoms with Gasteiger partial charge in [-0.15, -0.1) is 0 Å². The predicted molar refractivity (Wildman–Crippen MR) is 123 cm³/mol. The third-order valence-corrected chi connectivity index (χ3v) is 6.64. The van der Waals surface area contributed by atoms with Crippen molar-refractivity contribution in [1.29, 1.82) is 0 Å². The van der Waals surface area contributed by atoms with Gasteiger partial charge in [0.15, 0.2) is 11.2 Å². The molecular formula is C28H24O5. The molecule has 5 rings (SSSR count). The Bertz CT molecular complexity index is 1200. The van der Waals surface area contributed by atoms with Gasteiger partial charge in [-0.3, -0.25) is 0 Å². The fourth-order valence-electron chi connectivity index (χ4n) is 5.15. The molecule has 0 unspecified atom stereocenters. The molecule has 0 spiro atoms. The van der Waals surface area contributed by atoms with E-state index in [1.165, 1.54) is 14.2 Å². The Balaban J connectivity index is 1.96. The van der Waals surface area contributed by atoms with Crippen LogP contribution in [-0.4, -0.2) is 26.2 Å². The molecule has 5 nitrogen and oxygen atoms in total. The zero-order valence-corrected chi connectivity index (χ0v) is 19.0. The van der Waals surface area contributed by atoms with Crippen molar-refractivity contribution >= 4 is 11.9 Å². The quantitative estimate of drug-likeness (QED) is 0.560. The summed E-state index contributed by atoms with van der Waals surface area (Å²) in [6, 6.07) is 23.3. The summed E-state index contributed by atoms with van der Waals surface area (Å²) >= 11 is 0. The summed E-state index contributed by atoms with van der Waals surface area (Å²) in [6.07, 6.45) is 0. The maximum absolute atomic E-state index is 13.3. The number of carbonyl (C=O) groups excluding carboxylic acids is 2. The lowest BCUT2D eigenvalue weighted by Gasteiger charge is -2.30. The SMILES string of the molecule is COC(=O)C1=C(C(=O)OC)[C@@]2(c3ccc(C)cc3)O[C@]1(c1ccc(C)cc1)c1ccccc12. The average Bonchev–Trinajstić information content (AvgIpc) is 3.33. The van der Waals surface area contributed by atoms with Gasteiger partial charge >= 0.3 is 11.9 Å². The van der Waals surface area contributed by atoms with E-state index in [-0.39, 0.29) is 11.1 Å². The topological polar surface area (TPSA) is 61.8 Å². The van der Waals surface area contributed by atoms with Crippen LogP contribution in [0.25, 0.3) is 0 Å². The number of hydrogen-bond donors (Lipinski definition) is 0. The van der Waals surface area contributed by atoms with Crippen molar-refractivity contribution in [3.05, 3.63) is 117 Å². The van der Waals surface area contributed by atoms with E-state index in [4.69, 9.17) is 14.2 Å². The molecule has 2 bridgehead atoms. The summed E-state index contributed by atoms with van der Waals surface area (Å²) in [5.74, 6) is -1.25. The van der Waals surface area contributed by atoms with Crippen LogP contribution in [0.1, 0.15) is 33.4 Å². The number of hydrogen-bond acceptors (Lipinski definition) is 5. The van der Waals surface area contributed by atoms with Crippen molar-refractivity contribution in [3.63, 3.8) is 0 Å². The Morgan fingerprint density at radius 2 is 1.00 bits per heavy atom. The van der Waals surface area contributed by atoms with Gasteiger partial charge in [-0.05, 0) is 36.1 Å². The van der Waals surface area contributed by atoms with E-state index >= 15 is 0 Å².